The number of carbonyl (C=O) groups is 1. The molecule has 1 heterocycles. The van der Waals surface area contributed by atoms with E-state index in [2.05, 4.69) is 5.32 Å². The second-order valence-corrected chi connectivity index (χ2v) is 6.70. The molecule has 1 atom stereocenters. The zero-order valence-electron chi connectivity index (χ0n) is 15.1. The summed E-state index contributed by atoms with van der Waals surface area (Å²) >= 11 is 0. The quantitative estimate of drug-likeness (QED) is 0.836. The summed E-state index contributed by atoms with van der Waals surface area (Å²) in [5.41, 5.74) is 8.81. The van der Waals surface area contributed by atoms with Gasteiger partial charge < -0.3 is 20.5 Å². The number of rotatable bonds is 6. The van der Waals surface area contributed by atoms with Gasteiger partial charge in [-0.2, -0.15) is 0 Å². The van der Waals surface area contributed by atoms with Crippen molar-refractivity contribution in [1.29, 1.82) is 0 Å². The zero-order chi connectivity index (χ0) is 18.4. The van der Waals surface area contributed by atoms with E-state index in [1.807, 2.05) is 55.5 Å². The van der Waals surface area contributed by atoms with Gasteiger partial charge in [0.15, 0.2) is 0 Å². The van der Waals surface area contributed by atoms with Crippen LogP contribution < -0.4 is 15.8 Å². The summed E-state index contributed by atoms with van der Waals surface area (Å²) in [6, 6.07) is 14.9. The van der Waals surface area contributed by atoms with Crippen LogP contribution in [0, 0.1) is 6.92 Å². The summed E-state index contributed by atoms with van der Waals surface area (Å²) in [6.07, 6.45) is 2.52. The molecule has 0 radical (unpaired) electrons. The lowest BCUT2D eigenvalue weighted by atomic mass is 10.1. The Kier molecular flexibility index (Phi) is 6.26. The average Bonchev–Trinajstić information content (AvgIpc) is 2.65. The predicted octanol–water partition coefficient (Wildman–Crippen LogP) is 3.06. The van der Waals surface area contributed by atoms with Crippen molar-refractivity contribution in [1.82, 2.24) is 0 Å². The molecule has 2 aromatic rings. The fourth-order valence-corrected chi connectivity index (χ4v) is 3.03. The van der Waals surface area contributed by atoms with E-state index in [-0.39, 0.29) is 12.0 Å². The van der Waals surface area contributed by atoms with Gasteiger partial charge in [0.2, 0.25) is 5.91 Å². The lowest BCUT2D eigenvalue weighted by Gasteiger charge is -2.24. The maximum atomic E-state index is 12.3. The number of ether oxygens (including phenoxy) is 2. The van der Waals surface area contributed by atoms with E-state index in [0.717, 1.165) is 48.6 Å². The van der Waals surface area contributed by atoms with E-state index in [1.165, 1.54) is 0 Å². The molecule has 1 amide bonds. The number of nitrogens with one attached hydrogen (secondary N) is 1. The third kappa shape index (κ3) is 5.07. The molecule has 3 N–H and O–H groups in total. The Balaban J connectivity index is 1.57. The van der Waals surface area contributed by atoms with Gasteiger partial charge in [-0.1, -0.05) is 30.3 Å². The van der Waals surface area contributed by atoms with Crippen molar-refractivity contribution in [2.45, 2.75) is 38.3 Å². The van der Waals surface area contributed by atoms with Crippen LogP contribution in [0.25, 0.3) is 0 Å². The van der Waals surface area contributed by atoms with Gasteiger partial charge in [-0.05, 0) is 42.7 Å². The van der Waals surface area contributed by atoms with Crippen LogP contribution in [0.2, 0.25) is 0 Å². The van der Waals surface area contributed by atoms with E-state index in [0.29, 0.717) is 6.42 Å². The van der Waals surface area contributed by atoms with Gasteiger partial charge in [0.1, 0.15) is 11.9 Å². The van der Waals surface area contributed by atoms with Crippen LogP contribution in [0.5, 0.6) is 5.75 Å². The molecule has 0 saturated carbocycles. The molecular weight excluding hydrogens is 328 g/mol. The Morgan fingerprint density at radius 1 is 1.23 bits per heavy atom. The minimum Gasteiger partial charge on any atom is -0.490 e. The predicted molar refractivity (Wildman–Crippen MR) is 102 cm³/mol. The first-order valence-corrected chi connectivity index (χ1v) is 9.07. The molecule has 0 aromatic heterocycles. The van der Waals surface area contributed by atoms with Crippen LogP contribution in [-0.4, -0.2) is 31.3 Å². The molecule has 0 unspecified atom stereocenters. The van der Waals surface area contributed by atoms with E-state index >= 15 is 0 Å². The van der Waals surface area contributed by atoms with Crippen LogP contribution in [-0.2, 0) is 16.0 Å². The first kappa shape index (κ1) is 18.4. The average molecular weight is 354 g/mol. The first-order chi connectivity index (χ1) is 12.6. The molecule has 5 heteroatoms. The molecule has 26 heavy (non-hydrogen) atoms. The molecule has 1 aliphatic heterocycles. The van der Waals surface area contributed by atoms with Gasteiger partial charge in [0.25, 0.3) is 0 Å². The topological polar surface area (TPSA) is 73.6 Å². The third-order valence-corrected chi connectivity index (χ3v) is 4.54. The van der Waals surface area contributed by atoms with Gasteiger partial charge in [-0.15, -0.1) is 0 Å². The molecule has 0 aliphatic carbocycles. The van der Waals surface area contributed by atoms with Crippen LogP contribution in [0.3, 0.4) is 0 Å². The molecule has 1 saturated heterocycles. The first-order valence-electron chi connectivity index (χ1n) is 9.07. The van der Waals surface area contributed by atoms with Gasteiger partial charge in [0.05, 0.1) is 19.3 Å². The van der Waals surface area contributed by atoms with Crippen molar-refractivity contribution in [3.8, 4) is 5.75 Å². The zero-order valence-corrected chi connectivity index (χ0v) is 15.1. The van der Waals surface area contributed by atoms with Crippen molar-refractivity contribution in [3.63, 3.8) is 0 Å². The molecule has 5 nitrogen and oxygen atoms in total. The number of aryl methyl sites for hydroxylation is 1. The lowest BCUT2D eigenvalue weighted by Crippen LogP contribution is -2.37. The third-order valence-electron chi connectivity index (χ3n) is 4.54. The van der Waals surface area contributed by atoms with Gasteiger partial charge >= 0.3 is 0 Å². The van der Waals surface area contributed by atoms with Crippen LogP contribution in [0.4, 0.5) is 5.69 Å². The van der Waals surface area contributed by atoms with Crippen molar-refractivity contribution >= 4 is 11.6 Å². The number of hydrogen-bond acceptors (Lipinski definition) is 4. The number of nitrogens with two attached hydrogens (primary N) is 1. The van der Waals surface area contributed by atoms with Crippen molar-refractivity contribution in [2.75, 3.05) is 18.5 Å². The molecule has 0 bridgehead atoms. The fourth-order valence-electron chi connectivity index (χ4n) is 3.03. The van der Waals surface area contributed by atoms with Gasteiger partial charge in [-0.3, -0.25) is 4.79 Å². The Hall–Kier alpha value is -2.37. The highest BCUT2D eigenvalue weighted by Crippen LogP contribution is 2.25. The van der Waals surface area contributed by atoms with E-state index < -0.39 is 6.04 Å². The van der Waals surface area contributed by atoms with Crippen LogP contribution in [0.1, 0.15) is 24.0 Å². The van der Waals surface area contributed by atoms with Crippen LogP contribution >= 0.6 is 0 Å². The second-order valence-electron chi connectivity index (χ2n) is 6.70. The summed E-state index contributed by atoms with van der Waals surface area (Å²) in [5.74, 6) is 0.662. The Morgan fingerprint density at radius 2 is 1.96 bits per heavy atom. The molecule has 3 rings (SSSR count). The van der Waals surface area contributed by atoms with Gasteiger partial charge in [-0.25, -0.2) is 0 Å². The molecule has 1 aliphatic rings. The van der Waals surface area contributed by atoms with Crippen molar-refractivity contribution in [3.05, 3.63) is 59.7 Å². The highest BCUT2D eigenvalue weighted by molar-refractivity contribution is 5.95. The van der Waals surface area contributed by atoms with E-state index in [1.54, 1.807) is 0 Å². The minimum absolute atomic E-state index is 0.189. The number of carbonyl (C=O) groups excluding carboxylic acids is 1. The minimum atomic E-state index is -0.587. The van der Waals surface area contributed by atoms with Crippen molar-refractivity contribution in [2.24, 2.45) is 5.73 Å². The highest BCUT2D eigenvalue weighted by Gasteiger charge is 2.17. The van der Waals surface area contributed by atoms with Crippen molar-refractivity contribution < 1.29 is 14.3 Å². The standard InChI is InChI=1S/C21H26N2O3/c1-15-13-17(7-8-20(15)26-18-9-11-25-12-10-18)23-21(24)19(22)14-16-5-3-2-4-6-16/h2-8,13,18-19H,9-12,14,22H2,1H3,(H,23,24)/t19-/m0/s1. The number of amides is 1. The molecule has 0 spiro atoms. The lowest BCUT2D eigenvalue weighted by molar-refractivity contribution is -0.117. The Morgan fingerprint density at radius 3 is 2.65 bits per heavy atom. The largest absolute Gasteiger partial charge is 0.490 e. The summed E-state index contributed by atoms with van der Waals surface area (Å²) in [4.78, 5) is 12.3. The number of hydrogen-bond donors (Lipinski definition) is 2. The normalized spacial score (nSPS) is 16.1. The maximum Gasteiger partial charge on any atom is 0.241 e. The smallest absolute Gasteiger partial charge is 0.241 e. The summed E-state index contributed by atoms with van der Waals surface area (Å²) in [7, 11) is 0. The molecule has 1 fully saturated rings. The van der Waals surface area contributed by atoms with Crippen LogP contribution in [0.15, 0.2) is 48.5 Å². The summed E-state index contributed by atoms with van der Waals surface area (Å²) in [5, 5.41) is 2.89. The monoisotopic (exact) mass is 354 g/mol. The molecule has 2 aromatic carbocycles. The van der Waals surface area contributed by atoms with Gasteiger partial charge in [0, 0.05) is 18.5 Å². The highest BCUT2D eigenvalue weighted by atomic mass is 16.5. The van der Waals surface area contributed by atoms with E-state index in [4.69, 9.17) is 15.2 Å². The maximum absolute atomic E-state index is 12.3. The number of anilines is 1. The van der Waals surface area contributed by atoms with E-state index in [9.17, 15) is 4.79 Å². The summed E-state index contributed by atoms with van der Waals surface area (Å²) < 4.78 is 11.4. The Bertz CT molecular complexity index is 727. The molecular formula is C21H26N2O3. The number of benzene rings is 2. The fraction of sp³-hybridized carbons (Fsp3) is 0.381. The Labute approximate surface area is 154 Å². The molecule has 138 valence electrons. The summed E-state index contributed by atoms with van der Waals surface area (Å²) in [6.45, 7) is 3.47. The second kappa shape index (κ2) is 8.83. The SMILES string of the molecule is Cc1cc(NC(=O)[C@@H](N)Cc2ccccc2)ccc1OC1CCOCC1.